The van der Waals surface area contributed by atoms with E-state index in [4.69, 9.17) is 10.5 Å². The standard InChI is InChI=1S/C30H39N3O8/c1-13-7-6-8-14(2)33(13)12-16-11-19(34)21-17(26(16)41-5)9-15-10-18-23(32(3)4)25(36)22(29(31)39)28(38)30(18,40)27(37)20(15)24(21)35/h11,13-15,18,20,22-23,34,40H,6-10,12H2,1-5H3,(H2,31,39)/t13-,14+,15-,18-,20?,22?,23-,30-/m0/s1. The molecule has 1 aromatic rings. The number of nitrogens with zero attached hydrogens (tertiary/aromatic N) is 2. The van der Waals surface area contributed by atoms with Crippen molar-refractivity contribution in [3.63, 3.8) is 0 Å². The van der Waals surface area contributed by atoms with Gasteiger partial charge in [0.1, 0.15) is 11.5 Å². The van der Waals surface area contributed by atoms with Crippen molar-refractivity contribution in [1.29, 1.82) is 0 Å². The van der Waals surface area contributed by atoms with E-state index in [0.717, 1.165) is 24.8 Å². The average Bonchev–Trinajstić information content (AvgIpc) is 2.88. The van der Waals surface area contributed by atoms with E-state index in [1.165, 1.54) is 18.1 Å². The van der Waals surface area contributed by atoms with Crippen LogP contribution in [0.3, 0.4) is 0 Å². The minimum Gasteiger partial charge on any atom is -0.507 e. The van der Waals surface area contributed by atoms with Crippen molar-refractivity contribution in [2.75, 3.05) is 21.2 Å². The van der Waals surface area contributed by atoms with E-state index in [1.54, 1.807) is 14.1 Å². The molecule has 8 atom stereocenters. The summed E-state index contributed by atoms with van der Waals surface area (Å²) >= 11 is 0. The van der Waals surface area contributed by atoms with Crippen LogP contribution in [0.15, 0.2) is 6.07 Å². The van der Waals surface area contributed by atoms with E-state index in [2.05, 4.69) is 18.7 Å². The van der Waals surface area contributed by atoms with Crippen LogP contribution in [-0.4, -0.2) is 94.0 Å². The third-order valence-corrected chi connectivity index (χ3v) is 10.0. The van der Waals surface area contributed by atoms with Crippen LogP contribution in [0.4, 0.5) is 0 Å². The molecule has 1 saturated heterocycles. The number of Topliss-reactive ketones (excluding diaryl/α,β-unsaturated/α-hetero) is 4. The van der Waals surface area contributed by atoms with Gasteiger partial charge in [0, 0.05) is 35.7 Å². The Hall–Kier alpha value is -3.15. The number of nitrogens with two attached hydrogens (primary N) is 1. The second-order valence-corrected chi connectivity index (χ2v) is 12.5. The molecule has 0 radical (unpaired) electrons. The van der Waals surface area contributed by atoms with Crippen LogP contribution in [0.5, 0.6) is 11.5 Å². The Morgan fingerprint density at radius 1 is 1.15 bits per heavy atom. The number of rotatable bonds is 5. The Morgan fingerprint density at radius 3 is 2.34 bits per heavy atom. The van der Waals surface area contributed by atoms with Gasteiger partial charge in [0.15, 0.2) is 34.7 Å². The van der Waals surface area contributed by atoms with E-state index in [9.17, 15) is 34.2 Å². The van der Waals surface area contributed by atoms with Crippen LogP contribution in [0, 0.1) is 23.7 Å². The highest BCUT2D eigenvalue weighted by atomic mass is 16.5. The largest absolute Gasteiger partial charge is 0.507 e. The van der Waals surface area contributed by atoms with Gasteiger partial charge in [-0.25, -0.2) is 0 Å². The van der Waals surface area contributed by atoms with Crippen molar-refractivity contribution in [3.05, 3.63) is 22.8 Å². The molecular formula is C30H39N3O8. The number of hydrogen-bond acceptors (Lipinski definition) is 10. The second-order valence-electron chi connectivity index (χ2n) is 12.5. The fraction of sp³-hybridized carbons (Fsp3) is 0.633. The first-order chi connectivity index (χ1) is 19.2. The maximum absolute atomic E-state index is 14.0. The van der Waals surface area contributed by atoms with E-state index < -0.39 is 64.4 Å². The lowest BCUT2D eigenvalue weighted by atomic mass is 9.52. The van der Waals surface area contributed by atoms with E-state index in [-0.39, 0.29) is 24.2 Å². The number of piperidine rings is 1. The number of hydrogen-bond donors (Lipinski definition) is 3. The van der Waals surface area contributed by atoms with Crippen molar-refractivity contribution in [1.82, 2.24) is 9.80 Å². The van der Waals surface area contributed by atoms with Crippen molar-refractivity contribution < 1.29 is 38.9 Å². The second kappa shape index (κ2) is 10.3. The lowest BCUT2D eigenvalue weighted by Crippen LogP contribution is -2.74. The number of likely N-dealkylation sites (N-methyl/N-ethyl adjacent to an activating group) is 1. The number of amides is 1. The van der Waals surface area contributed by atoms with Crippen molar-refractivity contribution in [2.24, 2.45) is 29.4 Å². The molecule has 1 amide bonds. The molecule has 2 saturated carbocycles. The highest BCUT2D eigenvalue weighted by Gasteiger charge is 2.69. The molecule has 0 spiro atoms. The van der Waals surface area contributed by atoms with E-state index in [1.807, 2.05) is 0 Å². The molecule has 4 N–H and O–H groups in total. The molecule has 0 aromatic heterocycles. The van der Waals surface area contributed by atoms with E-state index in [0.29, 0.717) is 29.9 Å². The predicted molar refractivity (Wildman–Crippen MR) is 146 cm³/mol. The summed E-state index contributed by atoms with van der Waals surface area (Å²) in [6.07, 6.45) is 3.42. The Labute approximate surface area is 239 Å². The van der Waals surface area contributed by atoms with Crippen molar-refractivity contribution in [3.8, 4) is 11.5 Å². The Balaban J connectivity index is 1.59. The van der Waals surface area contributed by atoms with Gasteiger partial charge < -0.3 is 20.7 Å². The quantitative estimate of drug-likeness (QED) is 0.428. The zero-order valence-electron chi connectivity index (χ0n) is 24.2. The summed E-state index contributed by atoms with van der Waals surface area (Å²) in [6, 6.07) is 1.02. The number of carbonyl (C=O) groups is 5. The first-order valence-corrected chi connectivity index (χ1v) is 14.3. The molecule has 41 heavy (non-hydrogen) atoms. The molecule has 2 unspecified atom stereocenters. The van der Waals surface area contributed by atoms with Gasteiger partial charge in [0.25, 0.3) is 0 Å². The van der Waals surface area contributed by atoms with Crippen LogP contribution >= 0.6 is 0 Å². The number of primary amides is 1. The molecule has 222 valence electrons. The smallest absolute Gasteiger partial charge is 0.235 e. The van der Waals surface area contributed by atoms with Crippen molar-refractivity contribution in [2.45, 2.75) is 76.2 Å². The fourth-order valence-corrected chi connectivity index (χ4v) is 8.07. The van der Waals surface area contributed by atoms with Gasteiger partial charge in [-0.2, -0.15) is 0 Å². The number of benzene rings is 1. The van der Waals surface area contributed by atoms with E-state index >= 15 is 0 Å². The molecule has 3 fully saturated rings. The molecule has 1 aliphatic heterocycles. The SMILES string of the molecule is COc1c(CN2[C@H](C)CCC[C@@H]2C)cc(O)c2c1C[C@H]1C[C@H]3[C@H](N(C)C)C(=O)C(C(N)=O)C(=O)[C@@]3(O)C(=O)C1C2=O. The Bertz CT molecular complexity index is 1330. The average molecular weight is 570 g/mol. The number of likely N-dealkylation sites (tertiary alicyclic amines) is 1. The lowest BCUT2D eigenvalue weighted by molar-refractivity contribution is -0.181. The highest BCUT2D eigenvalue weighted by molar-refractivity contribution is 6.32. The first-order valence-electron chi connectivity index (χ1n) is 14.3. The number of phenolic OH excluding ortho intramolecular Hbond substituents is 1. The zero-order valence-corrected chi connectivity index (χ0v) is 24.2. The maximum atomic E-state index is 14.0. The molecule has 3 aliphatic carbocycles. The number of aliphatic hydroxyl groups is 1. The summed E-state index contributed by atoms with van der Waals surface area (Å²) < 4.78 is 5.83. The number of phenols is 1. The van der Waals surface area contributed by atoms with Crippen LogP contribution in [0.2, 0.25) is 0 Å². The van der Waals surface area contributed by atoms with Gasteiger partial charge in [0.05, 0.1) is 24.6 Å². The Kier molecular flexibility index (Phi) is 7.36. The molecule has 5 rings (SSSR count). The normalized spacial score (nSPS) is 35.6. The number of fused-ring (bicyclic) bond motifs is 3. The van der Waals surface area contributed by atoms with Crippen LogP contribution in [0.25, 0.3) is 0 Å². The summed E-state index contributed by atoms with van der Waals surface area (Å²) in [5.41, 5.74) is 3.78. The minimum absolute atomic E-state index is 0.00175. The van der Waals surface area contributed by atoms with Gasteiger partial charge in [-0.15, -0.1) is 0 Å². The van der Waals surface area contributed by atoms with Gasteiger partial charge in [0.2, 0.25) is 5.91 Å². The number of carbonyl (C=O) groups excluding carboxylic acids is 5. The van der Waals surface area contributed by atoms with Gasteiger partial charge in [-0.3, -0.25) is 33.8 Å². The molecule has 0 bridgehead atoms. The van der Waals surface area contributed by atoms with Crippen LogP contribution in [0.1, 0.15) is 61.0 Å². The monoisotopic (exact) mass is 569 g/mol. The zero-order chi connectivity index (χ0) is 30.1. The Morgan fingerprint density at radius 2 is 1.78 bits per heavy atom. The number of methoxy groups -OCH3 is 1. The maximum Gasteiger partial charge on any atom is 0.235 e. The van der Waals surface area contributed by atoms with Crippen molar-refractivity contribution >= 4 is 29.0 Å². The first kappa shape index (κ1) is 29.3. The van der Waals surface area contributed by atoms with Crippen LogP contribution < -0.4 is 10.5 Å². The van der Waals surface area contributed by atoms with Crippen LogP contribution in [-0.2, 0) is 32.1 Å². The summed E-state index contributed by atoms with van der Waals surface area (Å²) in [5.74, 6) is -10.1. The molecular weight excluding hydrogens is 530 g/mol. The number of ketones is 4. The molecule has 4 aliphatic rings. The molecule has 1 aromatic carbocycles. The summed E-state index contributed by atoms with van der Waals surface area (Å²) in [7, 11) is 4.63. The number of aromatic hydroxyl groups is 1. The number of ether oxygens (including phenoxy) is 1. The third kappa shape index (κ3) is 4.23. The van der Waals surface area contributed by atoms with Gasteiger partial charge in [-0.05, 0) is 65.6 Å². The van der Waals surface area contributed by atoms with Gasteiger partial charge >= 0.3 is 0 Å². The lowest BCUT2D eigenvalue weighted by Gasteiger charge is -2.52. The summed E-state index contributed by atoms with van der Waals surface area (Å²) in [6.45, 7) is 4.84. The minimum atomic E-state index is -2.74. The molecule has 1 heterocycles. The summed E-state index contributed by atoms with van der Waals surface area (Å²) in [4.78, 5) is 70.5. The van der Waals surface area contributed by atoms with Gasteiger partial charge in [-0.1, -0.05) is 6.42 Å². The third-order valence-electron chi connectivity index (χ3n) is 10.0. The topological polar surface area (TPSA) is 168 Å². The molecule has 11 heteroatoms. The summed E-state index contributed by atoms with van der Waals surface area (Å²) in [5, 5.41) is 22.8. The fourth-order valence-electron chi connectivity index (χ4n) is 8.07. The predicted octanol–water partition coefficient (Wildman–Crippen LogP) is 0.639. The molecule has 11 nitrogen and oxygen atoms in total. The highest BCUT2D eigenvalue weighted by Crippen LogP contribution is 2.52.